The SMILES string of the molecule is Cc1cccc(-n2nc(NC(=O)[C@H]3CNC(=O)C3)cc2-c2cccc(C(C)(C)C)c2)c1. The van der Waals surface area contributed by atoms with Crippen LogP contribution in [0.25, 0.3) is 16.9 Å². The summed E-state index contributed by atoms with van der Waals surface area (Å²) >= 11 is 0. The number of aryl methyl sites for hydroxylation is 1. The van der Waals surface area contributed by atoms with Gasteiger partial charge >= 0.3 is 0 Å². The summed E-state index contributed by atoms with van der Waals surface area (Å²) in [5.41, 5.74) is 5.22. The summed E-state index contributed by atoms with van der Waals surface area (Å²) in [4.78, 5) is 24.1. The molecule has 6 nitrogen and oxygen atoms in total. The molecule has 0 bridgehead atoms. The average molecular weight is 417 g/mol. The van der Waals surface area contributed by atoms with E-state index in [2.05, 4.69) is 61.7 Å². The number of nitrogens with zero attached hydrogens (tertiary/aromatic N) is 2. The number of anilines is 1. The smallest absolute Gasteiger partial charge is 0.230 e. The number of nitrogens with one attached hydrogen (secondary N) is 2. The molecule has 31 heavy (non-hydrogen) atoms. The van der Waals surface area contributed by atoms with Gasteiger partial charge in [0.25, 0.3) is 0 Å². The van der Waals surface area contributed by atoms with Crippen LogP contribution in [0, 0.1) is 12.8 Å². The number of hydrogen-bond acceptors (Lipinski definition) is 3. The highest BCUT2D eigenvalue weighted by molar-refractivity contribution is 5.97. The summed E-state index contributed by atoms with van der Waals surface area (Å²) in [5.74, 6) is -0.182. The molecule has 2 N–H and O–H groups in total. The Kier molecular flexibility index (Phi) is 5.39. The van der Waals surface area contributed by atoms with Gasteiger partial charge in [-0.25, -0.2) is 4.68 Å². The number of aromatic nitrogens is 2. The summed E-state index contributed by atoms with van der Waals surface area (Å²) in [7, 11) is 0. The lowest BCUT2D eigenvalue weighted by Gasteiger charge is -2.20. The minimum atomic E-state index is -0.371. The largest absolute Gasteiger partial charge is 0.355 e. The minimum Gasteiger partial charge on any atom is -0.355 e. The molecule has 160 valence electrons. The zero-order valence-corrected chi connectivity index (χ0v) is 18.4. The van der Waals surface area contributed by atoms with Crippen molar-refractivity contribution in [3.63, 3.8) is 0 Å². The molecule has 1 aliphatic heterocycles. The van der Waals surface area contributed by atoms with Crippen LogP contribution in [-0.2, 0) is 15.0 Å². The Morgan fingerprint density at radius 3 is 2.58 bits per heavy atom. The Morgan fingerprint density at radius 1 is 1.13 bits per heavy atom. The van der Waals surface area contributed by atoms with E-state index in [9.17, 15) is 9.59 Å². The second-order valence-electron chi connectivity index (χ2n) is 9.19. The third kappa shape index (κ3) is 4.53. The van der Waals surface area contributed by atoms with Gasteiger partial charge in [-0.2, -0.15) is 0 Å². The number of rotatable bonds is 4. The lowest BCUT2D eigenvalue weighted by atomic mass is 9.86. The first-order valence-electron chi connectivity index (χ1n) is 10.6. The van der Waals surface area contributed by atoms with Gasteiger partial charge in [-0.15, -0.1) is 5.10 Å². The molecular formula is C25H28N4O2. The Hall–Kier alpha value is -3.41. The second kappa shape index (κ2) is 8.02. The zero-order chi connectivity index (χ0) is 22.2. The standard InChI is InChI=1S/C25H28N4O2/c1-16-7-5-10-20(11-16)29-21(17-8-6-9-19(12-17)25(2,3)4)14-22(28-29)27-24(31)18-13-23(30)26-15-18/h5-12,14,18H,13,15H2,1-4H3,(H,26,30)(H,27,28,31)/t18-/m1/s1. The topological polar surface area (TPSA) is 76.0 Å². The van der Waals surface area contributed by atoms with Crippen LogP contribution in [-0.4, -0.2) is 28.1 Å². The molecule has 1 fully saturated rings. The maximum atomic E-state index is 12.6. The van der Waals surface area contributed by atoms with Gasteiger partial charge in [0.2, 0.25) is 11.8 Å². The van der Waals surface area contributed by atoms with Crippen LogP contribution in [0.5, 0.6) is 0 Å². The molecule has 0 radical (unpaired) electrons. The lowest BCUT2D eigenvalue weighted by Crippen LogP contribution is -2.24. The second-order valence-corrected chi connectivity index (χ2v) is 9.19. The van der Waals surface area contributed by atoms with Gasteiger partial charge in [0.15, 0.2) is 5.82 Å². The summed E-state index contributed by atoms with van der Waals surface area (Å²) in [6.45, 7) is 8.97. The molecule has 3 aromatic rings. The summed E-state index contributed by atoms with van der Waals surface area (Å²) in [6, 6.07) is 18.4. The monoisotopic (exact) mass is 416 g/mol. The van der Waals surface area contributed by atoms with Crippen LogP contribution in [0.2, 0.25) is 0 Å². The van der Waals surface area contributed by atoms with Crippen molar-refractivity contribution in [2.75, 3.05) is 11.9 Å². The predicted octanol–water partition coefficient (Wildman–Crippen LogP) is 4.22. The minimum absolute atomic E-state index is 0.0171. The first-order valence-corrected chi connectivity index (χ1v) is 10.6. The van der Waals surface area contributed by atoms with E-state index in [4.69, 9.17) is 5.10 Å². The summed E-state index contributed by atoms with van der Waals surface area (Å²) in [6.07, 6.45) is 0.213. The van der Waals surface area contributed by atoms with Gasteiger partial charge in [-0.05, 0) is 41.7 Å². The Balaban J connectivity index is 1.74. The van der Waals surface area contributed by atoms with E-state index in [1.807, 2.05) is 35.9 Å². The molecule has 0 spiro atoms. The molecule has 1 aliphatic rings. The molecule has 1 saturated heterocycles. The van der Waals surface area contributed by atoms with Gasteiger partial charge < -0.3 is 10.6 Å². The number of benzene rings is 2. The fourth-order valence-corrected chi connectivity index (χ4v) is 3.77. The molecule has 2 aromatic carbocycles. The Morgan fingerprint density at radius 2 is 1.90 bits per heavy atom. The highest BCUT2D eigenvalue weighted by Crippen LogP contribution is 2.31. The van der Waals surface area contributed by atoms with E-state index in [1.54, 1.807) is 0 Å². The number of carbonyl (C=O) groups is 2. The highest BCUT2D eigenvalue weighted by Gasteiger charge is 2.28. The fourth-order valence-electron chi connectivity index (χ4n) is 3.77. The average Bonchev–Trinajstić information content (AvgIpc) is 3.34. The van der Waals surface area contributed by atoms with E-state index in [1.165, 1.54) is 5.56 Å². The van der Waals surface area contributed by atoms with Gasteiger partial charge in [-0.1, -0.05) is 51.1 Å². The van der Waals surface area contributed by atoms with Crippen molar-refractivity contribution in [1.29, 1.82) is 0 Å². The zero-order valence-electron chi connectivity index (χ0n) is 18.4. The molecule has 1 atom stereocenters. The quantitative estimate of drug-likeness (QED) is 0.669. The van der Waals surface area contributed by atoms with Crippen molar-refractivity contribution >= 4 is 17.6 Å². The van der Waals surface area contributed by atoms with Crippen molar-refractivity contribution in [3.05, 3.63) is 65.7 Å². The van der Waals surface area contributed by atoms with Crippen molar-refractivity contribution in [1.82, 2.24) is 15.1 Å². The molecular weight excluding hydrogens is 388 g/mol. The van der Waals surface area contributed by atoms with Crippen LogP contribution >= 0.6 is 0 Å². The van der Waals surface area contributed by atoms with Crippen molar-refractivity contribution in [3.8, 4) is 16.9 Å². The molecule has 2 heterocycles. The van der Waals surface area contributed by atoms with Crippen molar-refractivity contribution in [2.45, 2.75) is 39.5 Å². The summed E-state index contributed by atoms with van der Waals surface area (Å²) in [5, 5.41) is 10.3. The Bertz CT molecular complexity index is 1140. The van der Waals surface area contributed by atoms with Gasteiger partial charge in [0.1, 0.15) is 0 Å². The third-order valence-corrected chi connectivity index (χ3v) is 5.58. The maximum absolute atomic E-state index is 12.6. The summed E-state index contributed by atoms with van der Waals surface area (Å²) < 4.78 is 1.86. The molecule has 1 aromatic heterocycles. The molecule has 0 unspecified atom stereocenters. The van der Waals surface area contributed by atoms with E-state index >= 15 is 0 Å². The number of carbonyl (C=O) groups excluding carboxylic acids is 2. The first kappa shape index (κ1) is 20.8. The Labute approximate surface area is 182 Å². The lowest BCUT2D eigenvalue weighted by molar-refractivity contribution is -0.123. The van der Waals surface area contributed by atoms with Gasteiger partial charge in [0, 0.05) is 24.6 Å². The molecule has 6 heteroatoms. The third-order valence-electron chi connectivity index (χ3n) is 5.58. The number of hydrogen-bond donors (Lipinski definition) is 2. The fraction of sp³-hybridized carbons (Fsp3) is 0.320. The van der Waals surface area contributed by atoms with Crippen molar-refractivity contribution < 1.29 is 9.59 Å². The molecule has 4 rings (SSSR count). The normalized spacial score (nSPS) is 16.3. The molecule has 2 amide bonds. The number of amides is 2. The highest BCUT2D eigenvalue weighted by atomic mass is 16.2. The van der Waals surface area contributed by atoms with E-state index < -0.39 is 0 Å². The van der Waals surface area contributed by atoms with Crippen LogP contribution in [0.4, 0.5) is 5.82 Å². The predicted molar refractivity (Wildman–Crippen MR) is 122 cm³/mol. The maximum Gasteiger partial charge on any atom is 0.230 e. The molecule has 0 saturated carbocycles. The first-order chi connectivity index (χ1) is 14.7. The van der Waals surface area contributed by atoms with Crippen LogP contribution in [0.1, 0.15) is 38.3 Å². The van der Waals surface area contributed by atoms with Crippen LogP contribution in [0.3, 0.4) is 0 Å². The molecule has 0 aliphatic carbocycles. The van der Waals surface area contributed by atoms with E-state index in [0.29, 0.717) is 12.4 Å². The van der Waals surface area contributed by atoms with Crippen LogP contribution in [0.15, 0.2) is 54.6 Å². The van der Waals surface area contributed by atoms with Crippen LogP contribution < -0.4 is 10.6 Å². The van der Waals surface area contributed by atoms with E-state index in [0.717, 1.165) is 22.5 Å². The van der Waals surface area contributed by atoms with Gasteiger partial charge in [0.05, 0.1) is 17.3 Å². The van der Waals surface area contributed by atoms with Gasteiger partial charge in [-0.3, -0.25) is 9.59 Å². The van der Waals surface area contributed by atoms with Crippen molar-refractivity contribution in [2.24, 2.45) is 5.92 Å². The van der Waals surface area contributed by atoms with E-state index in [-0.39, 0.29) is 29.6 Å².